The van der Waals surface area contributed by atoms with Crippen molar-refractivity contribution >= 4 is 28.3 Å². The smallest absolute Gasteiger partial charge is 0.264 e. The lowest BCUT2D eigenvalue weighted by atomic mass is 10.0. The topological polar surface area (TPSA) is 46.3 Å². The van der Waals surface area contributed by atoms with E-state index in [1.807, 2.05) is 46.7 Å². The molecule has 2 aromatic carbocycles. The molecule has 1 aliphatic rings. The first-order chi connectivity index (χ1) is 14.1. The number of hydrogen-bond acceptors (Lipinski definition) is 4. The highest BCUT2D eigenvalue weighted by molar-refractivity contribution is 7.12. The van der Waals surface area contributed by atoms with Crippen molar-refractivity contribution in [1.29, 1.82) is 0 Å². The summed E-state index contributed by atoms with van der Waals surface area (Å²) in [5.74, 6) is 0.400. The molecule has 0 aliphatic carbocycles. The number of amides is 1. The van der Waals surface area contributed by atoms with Gasteiger partial charge in [-0.05, 0) is 72.2 Å². The van der Waals surface area contributed by atoms with Crippen LogP contribution in [0, 0.1) is 12.7 Å². The lowest BCUT2D eigenvalue weighted by molar-refractivity contribution is 0.0722. The van der Waals surface area contributed by atoms with Crippen LogP contribution in [0.3, 0.4) is 0 Å². The van der Waals surface area contributed by atoms with Gasteiger partial charge in [-0.2, -0.15) is 0 Å². The van der Waals surface area contributed by atoms with Crippen LogP contribution in [-0.4, -0.2) is 22.3 Å². The summed E-state index contributed by atoms with van der Waals surface area (Å²) in [5.41, 5.74) is 3.94. The van der Waals surface area contributed by atoms with Gasteiger partial charge in [0.05, 0.1) is 4.88 Å². The second-order valence-corrected chi connectivity index (χ2v) is 8.28. The molecular weight excluding hydrogens is 387 g/mol. The fraction of sp³-hybridized carbons (Fsp3) is 0.217. The van der Waals surface area contributed by atoms with Crippen LogP contribution in [0.1, 0.15) is 40.0 Å². The molecule has 4 aromatic rings. The summed E-state index contributed by atoms with van der Waals surface area (Å²) in [6, 6.07) is 14.5. The van der Waals surface area contributed by atoms with Gasteiger partial charge in [0.25, 0.3) is 5.91 Å². The molecule has 3 heterocycles. The van der Waals surface area contributed by atoms with E-state index >= 15 is 0 Å². The first-order valence-electron chi connectivity index (χ1n) is 9.61. The molecule has 1 amide bonds. The molecule has 1 atom stereocenters. The van der Waals surface area contributed by atoms with Crippen molar-refractivity contribution in [3.63, 3.8) is 0 Å². The number of oxazole rings is 1. The van der Waals surface area contributed by atoms with Crippen molar-refractivity contribution in [2.24, 2.45) is 0 Å². The van der Waals surface area contributed by atoms with E-state index in [0.29, 0.717) is 23.6 Å². The Morgan fingerprint density at radius 1 is 1.21 bits per heavy atom. The summed E-state index contributed by atoms with van der Waals surface area (Å²) < 4.78 is 19.6. The van der Waals surface area contributed by atoms with Crippen LogP contribution in [0.25, 0.3) is 22.2 Å². The number of aryl methyl sites for hydroxylation is 1. The molecule has 2 aromatic heterocycles. The van der Waals surface area contributed by atoms with Crippen LogP contribution in [-0.2, 0) is 0 Å². The Hall–Kier alpha value is -2.99. The van der Waals surface area contributed by atoms with Crippen molar-refractivity contribution < 1.29 is 13.6 Å². The fourth-order valence-corrected chi connectivity index (χ4v) is 4.58. The molecule has 0 radical (unpaired) electrons. The number of nitrogens with zero attached hydrogens (tertiary/aromatic N) is 2. The maximum atomic E-state index is 13.6. The zero-order valence-electron chi connectivity index (χ0n) is 15.9. The molecular formula is C23H19FN2O2S. The first kappa shape index (κ1) is 18.1. The molecule has 1 fully saturated rings. The maximum Gasteiger partial charge on any atom is 0.264 e. The van der Waals surface area contributed by atoms with E-state index in [4.69, 9.17) is 9.40 Å². The highest BCUT2D eigenvalue weighted by atomic mass is 32.1. The Labute approximate surface area is 171 Å². The minimum absolute atomic E-state index is 0.0345. The third kappa shape index (κ3) is 3.23. The number of halogens is 1. The number of benzene rings is 2. The zero-order valence-corrected chi connectivity index (χ0v) is 16.7. The summed E-state index contributed by atoms with van der Waals surface area (Å²) in [7, 11) is 0. The SMILES string of the molecule is Cc1cc(-c2ccc3oc([C@H]4CCCN4C(=O)c4cccs4)nc3c2)ccc1F. The predicted molar refractivity (Wildman–Crippen MR) is 111 cm³/mol. The monoisotopic (exact) mass is 406 g/mol. The Kier molecular flexibility index (Phi) is 4.43. The van der Waals surface area contributed by atoms with E-state index in [1.165, 1.54) is 17.4 Å². The van der Waals surface area contributed by atoms with Gasteiger partial charge in [0, 0.05) is 6.54 Å². The summed E-state index contributed by atoms with van der Waals surface area (Å²) in [6.07, 6.45) is 1.77. The van der Waals surface area contributed by atoms with Gasteiger partial charge >= 0.3 is 0 Å². The highest BCUT2D eigenvalue weighted by Crippen LogP contribution is 2.35. The van der Waals surface area contributed by atoms with Gasteiger partial charge in [-0.3, -0.25) is 4.79 Å². The van der Waals surface area contributed by atoms with Crippen LogP contribution >= 0.6 is 11.3 Å². The van der Waals surface area contributed by atoms with Crippen LogP contribution in [0.15, 0.2) is 58.3 Å². The van der Waals surface area contributed by atoms with Crippen molar-refractivity contribution in [3.05, 3.63) is 76.1 Å². The number of rotatable bonds is 3. The molecule has 5 rings (SSSR count). The van der Waals surface area contributed by atoms with E-state index < -0.39 is 0 Å². The largest absolute Gasteiger partial charge is 0.438 e. The molecule has 29 heavy (non-hydrogen) atoms. The number of likely N-dealkylation sites (tertiary alicyclic amines) is 1. The van der Waals surface area contributed by atoms with Gasteiger partial charge in [0.15, 0.2) is 5.58 Å². The summed E-state index contributed by atoms with van der Waals surface area (Å²) in [5, 5.41) is 1.91. The Morgan fingerprint density at radius 3 is 2.83 bits per heavy atom. The third-order valence-corrected chi connectivity index (χ3v) is 6.28. The fourth-order valence-electron chi connectivity index (χ4n) is 3.90. The second kappa shape index (κ2) is 7.12. The molecule has 0 unspecified atom stereocenters. The van der Waals surface area contributed by atoms with Crippen LogP contribution < -0.4 is 0 Å². The van der Waals surface area contributed by atoms with Crippen LogP contribution in [0.2, 0.25) is 0 Å². The predicted octanol–water partition coefficient (Wildman–Crippen LogP) is 5.98. The maximum absolute atomic E-state index is 13.6. The van der Waals surface area contributed by atoms with E-state index in [1.54, 1.807) is 13.0 Å². The highest BCUT2D eigenvalue weighted by Gasteiger charge is 2.34. The molecule has 146 valence electrons. The average Bonchev–Trinajstić information content (AvgIpc) is 3.48. The Balaban J connectivity index is 1.48. The number of aromatic nitrogens is 1. The van der Waals surface area contributed by atoms with Gasteiger partial charge in [-0.1, -0.05) is 18.2 Å². The number of carbonyl (C=O) groups excluding carboxylic acids is 1. The Morgan fingerprint density at radius 2 is 2.03 bits per heavy atom. The first-order valence-corrected chi connectivity index (χ1v) is 10.5. The molecule has 6 heteroatoms. The van der Waals surface area contributed by atoms with Crippen molar-refractivity contribution in [2.75, 3.05) is 6.54 Å². The summed E-state index contributed by atoms with van der Waals surface area (Å²) >= 11 is 1.45. The average molecular weight is 406 g/mol. The summed E-state index contributed by atoms with van der Waals surface area (Å²) in [6.45, 7) is 2.46. The van der Waals surface area contributed by atoms with Crippen molar-refractivity contribution in [3.8, 4) is 11.1 Å². The minimum Gasteiger partial charge on any atom is -0.438 e. The van der Waals surface area contributed by atoms with Gasteiger partial charge in [0.1, 0.15) is 17.4 Å². The van der Waals surface area contributed by atoms with Gasteiger partial charge in [-0.25, -0.2) is 9.37 Å². The third-order valence-electron chi connectivity index (χ3n) is 5.43. The number of hydrogen-bond donors (Lipinski definition) is 0. The normalized spacial score (nSPS) is 16.6. The number of fused-ring (bicyclic) bond motifs is 1. The van der Waals surface area contributed by atoms with E-state index in [-0.39, 0.29) is 17.8 Å². The van der Waals surface area contributed by atoms with E-state index in [9.17, 15) is 9.18 Å². The molecule has 0 bridgehead atoms. The number of carbonyl (C=O) groups is 1. The second-order valence-electron chi connectivity index (χ2n) is 7.33. The lowest BCUT2D eigenvalue weighted by Crippen LogP contribution is -2.30. The Bertz CT molecular complexity index is 1200. The molecule has 1 saturated heterocycles. The van der Waals surface area contributed by atoms with E-state index in [0.717, 1.165) is 34.4 Å². The van der Waals surface area contributed by atoms with Gasteiger partial charge < -0.3 is 9.32 Å². The van der Waals surface area contributed by atoms with Crippen LogP contribution in [0.4, 0.5) is 4.39 Å². The van der Waals surface area contributed by atoms with Gasteiger partial charge in [0.2, 0.25) is 5.89 Å². The van der Waals surface area contributed by atoms with Gasteiger partial charge in [-0.15, -0.1) is 11.3 Å². The lowest BCUT2D eigenvalue weighted by Gasteiger charge is -2.21. The minimum atomic E-state index is -0.213. The molecule has 4 nitrogen and oxygen atoms in total. The van der Waals surface area contributed by atoms with Crippen molar-refractivity contribution in [1.82, 2.24) is 9.88 Å². The quantitative estimate of drug-likeness (QED) is 0.420. The summed E-state index contributed by atoms with van der Waals surface area (Å²) in [4.78, 5) is 20.1. The zero-order chi connectivity index (χ0) is 20.0. The van der Waals surface area contributed by atoms with Crippen molar-refractivity contribution in [2.45, 2.75) is 25.8 Å². The van der Waals surface area contributed by atoms with Crippen LogP contribution in [0.5, 0.6) is 0 Å². The molecule has 0 spiro atoms. The molecule has 1 aliphatic heterocycles. The molecule has 0 saturated carbocycles. The number of thiophene rings is 1. The van der Waals surface area contributed by atoms with E-state index in [2.05, 4.69) is 0 Å². The standard InChI is InChI=1S/C23H19FN2O2S/c1-14-12-15(6-8-17(14)24)16-7-9-20-18(13-16)25-22(28-20)19-4-2-10-26(19)23(27)21-5-3-11-29-21/h3,5-9,11-13,19H,2,4,10H2,1H3/t19-/m1/s1. The molecule has 0 N–H and O–H groups in total.